The minimum absolute atomic E-state index is 0.396. The molecule has 100 valence electrons. The summed E-state index contributed by atoms with van der Waals surface area (Å²) in [6, 6.07) is 5.37. The predicted molar refractivity (Wildman–Crippen MR) is 82.5 cm³/mol. The van der Waals surface area contributed by atoms with Gasteiger partial charge in [-0.3, -0.25) is 0 Å². The fourth-order valence-corrected chi connectivity index (χ4v) is 4.10. The highest BCUT2D eigenvalue weighted by molar-refractivity contribution is 9.10. The molecule has 0 spiro atoms. The smallest absolute Gasteiger partial charge is 0.337 e. The first kappa shape index (κ1) is 13.7. The minimum Gasteiger partial charge on any atom is -0.478 e. The average Bonchev–Trinajstić information content (AvgIpc) is 2.28. The van der Waals surface area contributed by atoms with Gasteiger partial charge in [-0.15, -0.1) is 0 Å². The number of nitrogens with zero attached hydrogens (tertiary/aromatic N) is 1. The lowest BCUT2D eigenvalue weighted by Gasteiger charge is -2.42. The molecule has 1 aromatic rings. The third-order valence-electron chi connectivity index (χ3n) is 3.36. The van der Waals surface area contributed by atoms with Crippen LogP contribution in [-0.4, -0.2) is 48.2 Å². The van der Waals surface area contributed by atoms with Gasteiger partial charge in [-0.25, -0.2) is 14.8 Å². The second-order valence-electron chi connectivity index (χ2n) is 5.13. The summed E-state index contributed by atoms with van der Waals surface area (Å²) in [5, 5.41) is 9.25. The molecule has 0 bridgehead atoms. The number of carboxylic acids is 1. The van der Waals surface area contributed by atoms with E-state index in [-0.39, 0.29) is 0 Å². The van der Waals surface area contributed by atoms with E-state index in [0.717, 1.165) is 23.2 Å². The van der Waals surface area contributed by atoms with Gasteiger partial charge in [0.2, 0.25) is 0 Å². The number of halogens is 1. The van der Waals surface area contributed by atoms with Gasteiger partial charge >= 0.3 is 5.97 Å². The average molecular weight is 332 g/mol. The molecule has 0 radical (unpaired) electrons. The van der Waals surface area contributed by atoms with E-state index in [0.29, 0.717) is 5.56 Å². The molecule has 1 aromatic carbocycles. The van der Waals surface area contributed by atoms with Gasteiger partial charge in [0.1, 0.15) is 0 Å². The Bertz CT molecular complexity index is 466. The number of benzene rings is 1. The lowest BCUT2D eigenvalue weighted by Crippen LogP contribution is -2.38. The number of hydrogen-bond donors (Lipinski definition) is 1. The maximum absolute atomic E-state index is 11.3. The number of rotatable bonds is 2. The van der Waals surface area contributed by atoms with Crippen LogP contribution in [0.3, 0.4) is 0 Å². The molecule has 3 nitrogen and oxygen atoms in total. The molecule has 0 atom stereocenters. The number of carbonyl (C=O) groups is 1. The van der Waals surface area contributed by atoms with E-state index < -0.39 is 16.0 Å². The van der Waals surface area contributed by atoms with Crippen molar-refractivity contribution in [2.75, 3.05) is 42.0 Å². The zero-order chi connectivity index (χ0) is 13.3. The molecule has 1 N–H and O–H groups in total. The summed E-state index contributed by atoms with van der Waals surface area (Å²) in [7, 11) is -0.468. The highest BCUT2D eigenvalue weighted by Gasteiger charge is 2.24. The van der Waals surface area contributed by atoms with Crippen LogP contribution >= 0.6 is 26.0 Å². The van der Waals surface area contributed by atoms with E-state index in [9.17, 15) is 9.90 Å². The Morgan fingerprint density at radius 2 is 1.94 bits per heavy atom. The summed E-state index contributed by atoms with van der Waals surface area (Å²) >= 11 is 3.42. The van der Waals surface area contributed by atoms with Gasteiger partial charge in [0.25, 0.3) is 0 Å². The van der Waals surface area contributed by atoms with Crippen LogP contribution in [0.5, 0.6) is 0 Å². The fourth-order valence-electron chi connectivity index (χ4n) is 2.12. The topological polar surface area (TPSA) is 40.5 Å². The van der Waals surface area contributed by atoms with Crippen molar-refractivity contribution in [1.29, 1.82) is 0 Å². The quantitative estimate of drug-likeness (QED) is 0.905. The Kier molecular flexibility index (Phi) is 3.92. The van der Waals surface area contributed by atoms with Gasteiger partial charge in [0, 0.05) is 17.6 Å². The fraction of sp³-hybridized carbons (Fsp3) is 0.462. The molecule has 18 heavy (non-hydrogen) atoms. The van der Waals surface area contributed by atoms with Crippen molar-refractivity contribution in [3.05, 3.63) is 28.2 Å². The number of aromatic carboxylic acids is 1. The van der Waals surface area contributed by atoms with Crippen LogP contribution in [0.2, 0.25) is 0 Å². The molecule has 0 amide bonds. The lowest BCUT2D eigenvalue weighted by molar-refractivity contribution is 0.0697. The normalized spacial score (nSPS) is 20.5. The lowest BCUT2D eigenvalue weighted by atomic mass is 10.1. The zero-order valence-electron chi connectivity index (χ0n) is 10.6. The Balaban J connectivity index is 2.28. The van der Waals surface area contributed by atoms with Crippen LogP contribution in [0.1, 0.15) is 10.4 Å². The standard InChI is InChI=1S/C13H18BrNO2S/c1-18(2)7-5-15(6-8-18)12-9-10(14)3-4-11(12)13(16)17/h3-4,9H,5-8H2,1-2H3,(H,16,17). The van der Waals surface area contributed by atoms with E-state index in [2.05, 4.69) is 33.3 Å². The molecule has 1 heterocycles. The van der Waals surface area contributed by atoms with Gasteiger partial charge < -0.3 is 10.0 Å². The van der Waals surface area contributed by atoms with Crippen molar-refractivity contribution in [3.8, 4) is 0 Å². The van der Waals surface area contributed by atoms with E-state index in [1.165, 1.54) is 11.5 Å². The Labute approximate surface area is 118 Å². The molecule has 0 saturated carbocycles. The molecule has 1 fully saturated rings. The van der Waals surface area contributed by atoms with E-state index in [4.69, 9.17) is 0 Å². The number of hydrogen-bond acceptors (Lipinski definition) is 2. The maximum atomic E-state index is 11.3. The highest BCUT2D eigenvalue weighted by atomic mass is 79.9. The minimum atomic E-state index is -0.852. The first-order valence-electron chi connectivity index (χ1n) is 5.85. The van der Waals surface area contributed by atoms with Gasteiger partial charge in [-0.05, 0) is 42.2 Å². The molecule has 0 aliphatic carbocycles. The Hall–Kier alpha value is -0.680. The third kappa shape index (κ3) is 3.01. The molecule has 1 saturated heterocycles. The van der Waals surface area contributed by atoms with Crippen LogP contribution < -0.4 is 4.90 Å². The van der Waals surface area contributed by atoms with Crippen LogP contribution in [0.25, 0.3) is 0 Å². The van der Waals surface area contributed by atoms with Crippen molar-refractivity contribution in [2.45, 2.75) is 0 Å². The first-order chi connectivity index (χ1) is 8.39. The molecule has 2 rings (SSSR count). The molecule has 0 aromatic heterocycles. The molecular weight excluding hydrogens is 314 g/mol. The first-order valence-corrected chi connectivity index (χ1v) is 9.44. The molecule has 1 aliphatic heterocycles. The molecule has 5 heteroatoms. The summed E-state index contributed by atoms with van der Waals surface area (Å²) in [4.78, 5) is 13.5. The largest absolute Gasteiger partial charge is 0.478 e. The van der Waals surface area contributed by atoms with Crippen molar-refractivity contribution in [2.24, 2.45) is 0 Å². The van der Waals surface area contributed by atoms with Crippen LogP contribution in [0, 0.1) is 0 Å². The van der Waals surface area contributed by atoms with Gasteiger partial charge in [0.05, 0.1) is 11.3 Å². The molecule has 1 aliphatic rings. The molecular formula is C13H18BrNO2S. The van der Waals surface area contributed by atoms with Gasteiger partial charge in [-0.2, -0.15) is 0 Å². The summed E-state index contributed by atoms with van der Waals surface area (Å²) < 4.78 is 0.930. The highest BCUT2D eigenvalue weighted by Crippen LogP contribution is 2.42. The van der Waals surface area contributed by atoms with E-state index in [1.54, 1.807) is 12.1 Å². The third-order valence-corrected chi connectivity index (χ3v) is 6.43. The van der Waals surface area contributed by atoms with Crippen molar-refractivity contribution >= 4 is 37.6 Å². The van der Waals surface area contributed by atoms with E-state index >= 15 is 0 Å². The summed E-state index contributed by atoms with van der Waals surface area (Å²) in [5.74, 6) is 1.51. The van der Waals surface area contributed by atoms with Gasteiger partial charge in [0.15, 0.2) is 0 Å². The number of anilines is 1. The van der Waals surface area contributed by atoms with Crippen LogP contribution in [0.4, 0.5) is 5.69 Å². The second kappa shape index (κ2) is 5.13. The Morgan fingerprint density at radius 3 is 2.50 bits per heavy atom. The second-order valence-corrected chi connectivity index (χ2v) is 10.4. The van der Waals surface area contributed by atoms with Crippen LogP contribution in [-0.2, 0) is 0 Å². The van der Waals surface area contributed by atoms with Crippen molar-refractivity contribution < 1.29 is 9.90 Å². The maximum Gasteiger partial charge on any atom is 0.337 e. The summed E-state index contributed by atoms with van der Waals surface area (Å²) in [6.45, 7) is 1.91. The van der Waals surface area contributed by atoms with Gasteiger partial charge in [-0.1, -0.05) is 15.9 Å². The summed E-state index contributed by atoms with van der Waals surface area (Å²) in [5.41, 5.74) is 1.24. The monoisotopic (exact) mass is 331 g/mol. The van der Waals surface area contributed by atoms with Crippen molar-refractivity contribution in [1.82, 2.24) is 0 Å². The number of carboxylic acid groups (broad SMARTS) is 1. The SMILES string of the molecule is CS1(C)CCN(c2cc(Br)ccc2C(=O)O)CC1. The Morgan fingerprint density at radius 1 is 1.33 bits per heavy atom. The van der Waals surface area contributed by atoms with Crippen molar-refractivity contribution in [3.63, 3.8) is 0 Å². The molecule has 0 unspecified atom stereocenters. The summed E-state index contributed by atoms with van der Waals surface area (Å²) in [6.07, 6.45) is 4.70. The predicted octanol–water partition coefficient (Wildman–Crippen LogP) is 3.03. The van der Waals surface area contributed by atoms with E-state index in [1.807, 2.05) is 6.07 Å². The zero-order valence-corrected chi connectivity index (χ0v) is 13.1. The van der Waals surface area contributed by atoms with Crippen LogP contribution in [0.15, 0.2) is 22.7 Å².